The van der Waals surface area contributed by atoms with Crippen molar-refractivity contribution >= 4 is 11.2 Å². The second-order valence-corrected chi connectivity index (χ2v) is 3.74. The van der Waals surface area contributed by atoms with Gasteiger partial charge in [0.2, 0.25) is 0 Å². The normalized spacial score (nSPS) is 11.2. The van der Waals surface area contributed by atoms with E-state index in [-0.39, 0.29) is 0 Å². The molecule has 2 aromatic rings. The van der Waals surface area contributed by atoms with E-state index in [9.17, 15) is 0 Å². The molecule has 0 aliphatic heterocycles. The molecule has 0 bridgehead atoms. The first-order valence-corrected chi connectivity index (χ1v) is 5.44. The van der Waals surface area contributed by atoms with Crippen molar-refractivity contribution in [2.45, 2.75) is 33.4 Å². The van der Waals surface area contributed by atoms with Gasteiger partial charge in [-0.25, -0.2) is 15.0 Å². The topological polar surface area (TPSA) is 52.8 Å². The summed E-state index contributed by atoms with van der Waals surface area (Å²) in [4.78, 5) is 13.1. The van der Waals surface area contributed by atoms with Crippen LogP contribution in [0.15, 0.2) is 6.20 Å². The minimum atomic E-state index is 0.509. The number of aryl methyl sites for hydroxylation is 2. The highest BCUT2D eigenvalue weighted by Gasteiger charge is 2.11. The highest BCUT2D eigenvalue weighted by molar-refractivity contribution is 5.70. The Hall–Kier alpha value is -1.49. The van der Waals surface area contributed by atoms with Crippen molar-refractivity contribution in [2.75, 3.05) is 7.11 Å². The van der Waals surface area contributed by atoms with Gasteiger partial charge < -0.3 is 9.30 Å². The number of aromatic nitrogens is 4. The first-order valence-electron chi connectivity index (χ1n) is 5.44. The van der Waals surface area contributed by atoms with Crippen LogP contribution in [0, 0.1) is 6.92 Å². The fraction of sp³-hybridized carbons (Fsp3) is 0.545. The lowest BCUT2D eigenvalue weighted by Gasteiger charge is -2.05. The molecule has 0 fully saturated rings. The van der Waals surface area contributed by atoms with Gasteiger partial charge in [-0.2, -0.15) is 0 Å². The average molecular weight is 220 g/mol. The number of rotatable bonds is 4. The van der Waals surface area contributed by atoms with Crippen molar-refractivity contribution in [1.29, 1.82) is 0 Å². The van der Waals surface area contributed by atoms with E-state index in [4.69, 9.17) is 4.74 Å². The number of methoxy groups -OCH3 is 1. The SMILES string of the molecule is CCCn1c(COC)nc2cnc(C)nc21. The Labute approximate surface area is 94.5 Å². The third-order valence-electron chi connectivity index (χ3n) is 2.41. The number of hydrogen-bond donors (Lipinski definition) is 0. The van der Waals surface area contributed by atoms with Crippen LogP contribution < -0.4 is 0 Å². The van der Waals surface area contributed by atoms with Crippen molar-refractivity contribution in [1.82, 2.24) is 19.5 Å². The lowest BCUT2D eigenvalue weighted by molar-refractivity contribution is 0.174. The smallest absolute Gasteiger partial charge is 0.163 e. The van der Waals surface area contributed by atoms with Crippen LogP contribution in [0.1, 0.15) is 25.0 Å². The molecule has 0 spiro atoms. The fourth-order valence-electron chi connectivity index (χ4n) is 1.75. The summed E-state index contributed by atoms with van der Waals surface area (Å²) in [7, 11) is 1.67. The largest absolute Gasteiger partial charge is 0.377 e. The summed E-state index contributed by atoms with van der Waals surface area (Å²) in [6, 6.07) is 0. The Morgan fingerprint density at radius 2 is 2.19 bits per heavy atom. The molecule has 2 heterocycles. The highest BCUT2D eigenvalue weighted by atomic mass is 16.5. The molecule has 0 radical (unpaired) electrons. The Morgan fingerprint density at radius 1 is 1.38 bits per heavy atom. The maximum absolute atomic E-state index is 5.14. The van der Waals surface area contributed by atoms with E-state index in [0.29, 0.717) is 6.61 Å². The zero-order chi connectivity index (χ0) is 11.5. The Kier molecular flexibility index (Phi) is 3.14. The van der Waals surface area contributed by atoms with Gasteiger partial charge in [0, 0.05) is 13.7 Å². The molecular weight excluding hydrogens is 204 g/mol. The van der Waals surface area contributed by atoms with E-state index >= 15 is 0 Å². The van der Waals surface area contributed by atoms with Crippen LogP contribution in [0.4, 0.5) is 0 Å². The maximum atomic E-state index is 5.14. The van der Waals surface area contributed by atoms with Gasteiger partial charge in [-0.3, -0.25) is 0 Å². The van der Waals surface area contributed by atoms with Crippen molar-refractivity contribution in [3.8, 4) is 0 Å². The third-order valence-corrected chi connectivity index (χ3v) is 2.41. The zero-order valence-electron chi connectivity index (χ0n) is 9.90. The maximum Gasteiger partial charge on any atom is 0.163 e. The first-order chi connectivity index (χ1) is 7.76. The van der Waals surface area contributed by atoms with Crippen LogP contribution in [0.3, 0.4) is 0 Å². The Morgan fingerprint density at radius 3 is 2.88 bits per heavy atom. The molecule has 0 atom stereocenters. The van der Waals surface area contributed by atoms with E-state index in [2.05, 4.69) is 26.4 Å². The summed E-state index contributed by atoms with van der Waals surface area (Å²) in [5.74, 6) is 1.69. The lowest BCUT2D eigenvalue weighted by atomic mass is 10.4. The average Bonchev–Trinajstić information content (AvgIpc) is 2.58. The monoisotopic (exact) mass is 220 g/mol. The minimum Gasteiger partial charge on any atom is -0.377 e. The molecular formula is C11H16N4O. The number of hydrogen-bond acceptors (Lipinski definition) is 4. The van der Waals surface area contributed by atoms with Crippen molar-refractivity contribution < 1.29 is 4.74 Å². The van der Waals surface area contributed by atoms with E-state index in [0.717, 1.165) is 35.8 Å². The predicted octanol–water partition coefficient (Wildman–Crippen LogP) is 1.69. The van der Waals surface area contributed by atoms with Crippen LogP contribution in [0.25, 0.3) is 11.2 Å². The molecule has 0 aliphatic rings. The molecule has 0 aliphatic carbocycles. The van der Waals surface area contributed by atoms with Gasteiger partial charge in [0.15, 0.2) is 5.65 Å². The van der Waals surface area contributed by atoms with Gasteiger partial charge in [0.05, 0.1) is 6.20 Å². The van der Waals surface area contributed by atoms with Crippen LogP contribution in [-0.4, -0.2) is 26.6 Å². The van der Waals surface area contributed by atoms with Crippen molar-refractivity contribution in [3.05, 3.63) is 17.8 Å². The van der Waals surface area contributed by atoms with Gasteiger partial charge in [-0.05, 0) is 13.3 Å². The molecule has 0 unspecified atom stereocenters. The van der Waals surface area contributed by atoms with Gasteiger partial charge in [0.1, 0.15) is 23.8 Å². The molecule has 0 N–H and O–H groups in total. The van der Waals surface area contributed by atoms with E-state index in [1.165, 1.54) is 0 Å². The molecule has 2 rings (SSSR count). The predicted molar refractivity (Wildman–Crippen MR) is 61.1 cm³/mol. The fourth-order valence-corrected chi connectivity index (χ4v) is 1.75. The van der Waals surface area contributed by atoms with E-state index < -0.39 is 0 Å². The summed E-state index contributed by atoms with van der Waals surface area (Å²) in [5, 5.41) is 0. The molecule has 0 aromatic carbocycles. The number of ether oxygens (including phenoxy) is 1. The second-order valence-electron chi connectivity index (χ2n) is 3.74. The number of imidazole rings is 1. The first kappa shape index (κ1) is 11.0. The summed E-state index contributed by atoms with van der Waals surface area (Å²) >= 11 is 0. The molecule has 0 saturated heterocycles. The highest BCUT2D eigenvalue weighted by Crippen LogP contribution is 2.14. The van der Waals surface area contributed by atoms with Gasteiger partial charge >= 0.3 is 0 Å². The molecule has 0 amide bonds. The quantitative estimate of drug-likeness (QED) is 0.786. The molecule has 5 heteroatoms. The van der Waals surface area contributed by atoms with Gasteiger partial charge in [-0.1, -0.05) is 6.92 Å². The molecule has 5 nitrogen and oxygen atoms in total. The second kappa shape index (κ2) is 4.57. The number of nitrogens with zero attached hydrogens (tertiary/aromatic N) is 4. The van der Waals surface area contributed by atoms with Crippen LogP contribution in [0.2, 0.25) is 0 Å². The Bertz CT molecular complexity index is 492. The van der Waals surface area contributed by atoms with Crippen molar-refractivity contribution in [3.63, 3.8) is 0 Å². The third kappa shape index (κ3) is 1.90. The van der Waals surface area contributed by atoms with Gasteiger partial charge in [-0.15, -0.1) is 0 Å². The number of fused-ring (bicyclic) bond motifs is 1. The summed E-state index contributed by atoms with van der Waals surface area (Å²) in [6.45, 7) is 5.44. The van der Waals surface area contributed by atoms with E-state index in [1.54, 1.807) is 13.3 Å². The van der Waals surface area contributed by atoms with Crippen molar-refractivity contribution in [2.24, 2.45) is 0 Å². The molecule has 2 aromatic heterocycles. The molecule has 86 valence electrons. The minimum absolute atomic E-state index is 0.509. The van der Waals surface area contributed by atoms with Crippen LogP contribution in [-0.2, 0) is 17.9 Å². The molecule has 16 heavy (non-hydrogen) atoms. The van der Waals surface area contributed by atoms with Gasteiger partial charge in [0.25, 0.3) is 0 Å². The van der Waals surface area contributed by atoms with E-state index in [1.807, 2.05) is 6.92 Å². The summed E-state index contributed by atoms with van der Waals surface area (Å²) in [5.41, 5.74) is 1.74. The standard InChI is InChI=1S/C11H16N4O/c1-4-5-15-10(7-16-3)14-9-6-12-8(2)13-11(9)15/h6H,4-5,7H2,1-3H3. The zero-order valence-corrected chi connectivity index (χ0v) is 9.90. The van der Waals surface area contributed by atoms with Crippen LogP contribution >= 0.6 is 0 Å². The molecule has 0 saturated carbocycles. The lowest BCUT2D eigenvalue weighted by Crippen LogP contribution is -2.05. The summed E-state index contributed by atoms with van der Waals surface area (Å²) in [6.07, 6.45) is 2.81. The van der Waals surface area contributed by atoms with Crippen LogP contribution in [0.5, 0.6) is 0 Å². The summed E-state index contributed by atoms with van der Waals surface area (Å²) < 4.78 is 7.25. The Balaban J connectivity index is 2.57.